The normalized spacial score (nSPS) is 17.4. The van der Waals surface area contributed by atoms with Crippen molar-refractivity contribution < 1.29 is 9.90 Å². The Hall–Kier alpha value is -1.35. The van der Waals surface area contributed by atoms with Gasteiger partial charge in [-0.2, -0.15) is 0 Å². The molecule has 0 aliphatic heterocycles. The zero-order chi connectivity index (χ0) is 14.6. The highest BCUT2D eigenvalue weighted by Crippen LogP contribution is 2.43. The number of hydrogen-bond acceptors (Lipinski definition) is 2. The minimum atomic E-state index is -0.780. The van der Waals surface area contributed by atoms with Crippen LogP contribution in [0.25, 0.3) is 0 Å². The van der Waals surface area contributed by atoms with Crippen molar-refractivity contribution in [2.75, 3.05) is 6.54 Å². The van der Waals surface area contributed by atoms with E-state index in [1.165, 1.54) is 0 Å². The summed E-state index contributed by atoms with van der Waals surface area (Å²) in [5.74, 6) is 0.0651. The van der Waals surface area contributed by atoms with E-state index in [2.05, 4.69) is 5.32 Å². The number of nitrogens with one attached hydrogen (secondary N) is 1. The van der Waals surface area contributed by atoms with E-state index in [-0.39, 0.29) is 11.3 Å². The molecule has 0 bridgehead atoms. The third-order valence-corrected chi connectivity index (χ3v) is 4.86. The van der Waals surface area contributed by atoms with Gasteiger partial charge in [0.2, 0.25) is 5.91 Å². The van der Waals surface area contributed by atoms with E-state index < -0.39 is 5.60 Å². The van der Waals surface area contributed by atoms with E-state index in [1.54, 1.807) is 0 Å². The van der Waals surface area contributed by atoms with Crippen molar-refractivity contribution in [3.8, 4) is 0 Å². The average molecular weight is 275 g/mol. The lowest BCUT2D eigenvalue weighted by Crippen LogP contribution is -2.52. The molecule has 1 aromatic carbocycles. The first-order chi connectivity index (χ1) is 9.56. The average Bonchev–Trinajstić information content (AvgIpc) is 2.45. The van der Waals surface area contributed by atoms with Crippen LogP contribution in [0.3, 0.4) is 0 Å². The van der Waals surface area contributed by atoms with Gasteiger partial charge in [-0.1, -0.05) is 50.6 Å². The van der Waals surface area contributed by atoms with Gasteiger partial charge in [-0.3, -0.25) is 4.79 Å². The largest absolute Gasteiger partial charge is 0.388 e. The second kappa shape index (κ2) is 5.96. The number of hydrogen-bond donors (Lipinski definition) is 2. The number of carbonyl (C=O) groups excluding carboxylic acids is 1. The summed E-state index contributed by atoms with van der Waals surface area (Å²) in [7, 11) is 0. The van der Waals surface area contributed by atoms with Crippen LogP contribution in [0.5, 0.6) is 0 Å². The van der Waals surface area contributed by atoms with Gasteiger partial charge in [0.25, 0.3) is 0 Å². The van der Waals surface area contributed by atoms with Crippen LogP contribution in [0.2, 0.25) is 0 Å². The molecule has 110 valence electrons. The number of rotatable bonds is 6. The fourth-order valence-corrected chi connectivity index (χ4v) is 2.85. The lowest BCUT2D eigenvalue weighted by Gasteiger charge is -2.41. The van der Waals surface area contributed by atoms with Crippen LogP contribution in [0.15, 0.2) is 30.3 Å². The number of benzene rings is 1. The molecule has 0 aromatic heterocycles. The van der Waals surface area contributed by atoms with Crippen molar-refractivity contribution in [1.82, 2.24) is 5.32 Å². The highest BCUT2D eigenvalue weighted by Gasteiger charge is 2.45. The molecule has 0 atom stereocenters. The zero-order valence-electron chi connectivity index (χ0n) is 12.5. The number of amides is 1. The maximum atomic E-state index is 12.6. The van der Waals surface area contributed by atoms with Crippen molar-refractivity contribution in [2.45, 2.75) is 57.0 Å². The molecule has 3 heteroatoms. The summed E-state index contributed by atoms with van der Waals surface area (Å²) in [6.07, 6.45) is 4.21. The first-order valence-corrected chi connectivity index (χ1v) is 7.62. The zero-order valence-corrected chi connectivity index (χ0v) is 12.5. The number of aliphatic hydroxyl groups is 1. The van der Waals surface area contributed by atoms with Crippen molar-refractivity contribution in [3.63, 3.8) is 0 Å². The van der Waals surface area contributed by atoms with Gasteiger partial charge in [0.1, 0.15) is 0 Å². The monoisotopic (exact) mass is 275 g/mol. The first kappa shape index (κ1) is 15.0. The van der Waals surface area contributed by atoms with E-state index in [0.29, 0.717) is 19.4 Å². The Morgan fingerprint density at radius 1 is 1.25 bits per heavy atom. The highest BCUT2D eigenvalue weighted by molar-refractivity contribution is 5.89. The summed E-state index contributed by atoms with van der Waals surface area (Å²) >= 11 is 0. The minimum Gasteiger partial charge on any atom is -0.388 e. The van der Waals surface area contributed by atoms with Gasteiger partial charge < -0.3 is 10.4 Å². The second-order valence-electron chi connectivity index (χ2n) is 5.92. The van der Waals surface area contributed by atoms with Crippen LogP contribution in [-0.4, -0.2) is 23.2 Å². The fraction of sp³-hybridized carbons (Fsp3) is 0.588. The molecule has 0 saturated heterocycles. The van der Waals surface area contributed by atoms with Crippen molar-refractivity contribution >= 4 is 5.91 Å². The molecule has 1 aliphatic rings. The third-order valence-electron chi connectivity index (χ3n) is 4.86. The summed E-state index contributed by atoms with van der Waals surface area (Å²) in [6.45, 7) is 4.24. The Labute approximate surface area is 121 Å². The Morgan fingerprint density at radius 2 is 1.85 bits per heavy atom. The predicted octanol–water partition coefficient (Wildman–Crippen LogP) is 2.78. The Kier molecular flexibility index (Phi) is 4.48. The number of carbonyl (C=O) groups is 1. The Morgan fingerprint density at radius 3 is 2.30 bits per heavy atom. The summed E-state index contributed by atoms with van der Waals surface area (Å²) in [5.41, 5.74) is -0.0544. The smallest absolute Gasteiger partial charge is 0.230 e. The van der Waals surface area contributed by atoms with E-state index in [1.807, 2.05) is 44.2 Å². The van der Waals surface area contributed by atoms with E-state index >= 15 is 0 Å². The molecule has 1 amide bonds. The molecule has 1 aliphatic carbocycles. The van der Waals surface area contributed by atoms with Crippen LogP contribution in [0.1, 0.15) is 51.5 Å². The lowest BCUT2D eigenvalue weighted by atomic mass is 9.63. The molecule has 1 fully saturated rings. The van der Waals surface area contributed by atoms with Gasteiger partial charge in [-0.25, -0.2) is 0 Å². The minimum absolute atomic E-state index is 0.0651. The van der Waals surface area contributed by atoms with Crippen LogP contribution in [0, 0.1) is 0 Å². The molecule has 0 heterocycles. The SMILES string of the molecule is CCC(O)(CC)CNC(=O)C1(c2ccccc2)CCC1. The Bertz CT molecular complexity index is 447. The van der Waals surface area contributed by atoms with Gasteiger partial charge >= 0.3 is 0 Å². The standard InChI is InChI=1S/C17H25NO2/c1-3-16(20,4-2)13-18-15(19)17(11-8-12-17)14-9-6-5-7-10-14/h5-7,9-10,20H,3-4,8,11-13H2,1-2H3,(H,18,19). The van der Waals surface area contributed by atoms with Gasteiger partial charge in [0.15, 0.2) is 0 Å². The third kappa shape index (κ3) is 2.73. The van der Waals surface area contributed by atoms with Crippen molar-refractivity contribution in [3.05, 3.63) is 35.9 Å². The van der Waals surface area contributed by atoms with E-state index in [0.717, 1.165) is 24.8 Å². The molecular weight excluding hydrogens is 250 g/mol. The summed E-state index contributed by atoms with van der Waals surface area (Å²) in [5, 5.41) is 13.3. The van der Waals surface area contributed by atoms with Crippen molar-refractivity contribution in [1.29, 1.82) is 0 Å². The second-order valence-corrected chi connectivity index (χ2v) is 5.92. The molecule has 20 heavy (non-hydrogen) atoms. The molecule has 0 spiro atoms. The molecule has 2 N–H and O–H groups in total. The molecule has 1 saturated carbocycles. The van der Waals surface area contributed by atoms with Gasteiger partial charge in [-0.15, -0.1) is 0 Å². The van der Waals surface area contributed by atoms with Crippen LogP contribution >= 0.6 is 0 Å². The molecule has 0 unspecified atom stereocenters. The fourth-order valence-electron chi connectivity index (χ4n) is 2.85. The van der Waals surface area contributed by atoms with Gasteiger partial charge in [0.05, 0.1) is 11.0 Å². The molecular formula is C17H25NO2. The van der Waals surface area contributed by atoms with E-state index in [9.17, 15) is 9.90 Å². The lowest BCUT2D eigenvalue weighted by molar-refractivity contribution is -0.131. The summed E-state index contributed by atoms with van der Waals surface area (Å²) in [6, 6.07) is 10.0. The van der Waals surface area contributed by atoms with Crippen molar-refractivity contribution in [2.24, 2.45) is 0 Å². The van der Waals surface area contributed by atoms with Crippen LogP contribution in [0.4, 0.5) is 0 Å². The maximum absolute atomic E-state index is 12.6. The van der Waals surface area contributed by atoms with Crippen LogP contribution < -0.4 is 5.32 Å². The predicted molar refractivity (Wildman–Crippen MR) is 80.5 cm³/mol. The van der Waals surface area contributed by atoms with Crippen LogP contribution in [-0.2, 0) is 10.2 Å². The highest BCUT2D eigenvalue weighted by atomic mass is 16.3. The molecule has 1 aromatic rings. The molecule has 2 rings (SSSR count). The maximum Gasteiger partial charge on any atom is 0.230 e. The molecule has 0 radical (unpaired) electrons. The summed E-state index contributed by atoms with van der Waals surface area (Å²) < 4.78 is 0. The quantitative estimate of drug-likeness (QED) is 0.838. The topological polar surface area (TPSA) is 49.3 Å². The van der Waals surface area contributed by atoms with Gasteiger partial charge in [0, 0.05) is 6.54 Å². The first-order valence-electron chi connectivity index (χ1n) is 7.62. The van der Waals surface area contributed by atoms with Gasteiger partial charge in [-0.05, 0) is 31.2 Å². The van der Waals surface area contributed by atoms with E-state index in [4.69, 9.17) is 0 Å². The summed E-state index contributed by atoms with van der Waals surface area (Å²) in [4.78, 5) is 12.6. The Balaban J connectivity index is 2.07. The molecule has 3 nitrogen and oxygen atoms in total.